The van der Waals surface area contributed by atoms with Crippen LogP contribution in [0.4, 0.5) is 17.3 Å². The molecular weight excluding hydrogens is 235 g/mol. The average molecular weight is 252 g/mol. The van der Waals surface area contributed by atoms with Gasteiger partial charge in [0.25, 0.3) is 0 Å². The van der Waals surface area contributed by atoms with Crippen LogP contribution in [0.25, 0.3) is 0 Å². The van der Waals surface area contributed by atoms with Crippen LogP contribution in [-0.4, -0.2) is 30.9 Å². The molecule has 0 aliphatic carbocycles. The third kappa shape index (κ3) is 2.87. The molecular formula is C14H17BN4. The Hall–Kier alpha value is -2.04. The molecule has 1 fully saturated rings. The number of rotatable bonds is 3. The second-order valence-corrected chi connectivity index (χ2v) is 4.95. The van der Waals surface area contributed by atoms with Crippen molar-refractivity contribution in [2.75, 3.05) is 23.3 Å². The molecule has 1 aliphatic heterocycles. The van der Waals surface area contributed by atoms with Crippen molar-refractivity contribution in [3.63, 3.8) is 0 Å². The number of benzene rings is 1. The zero-order valence-electron chi connectivity index (χ0n) is 11.1. The van der Waals surface area contributed by atoms with E-state index in [0.29, 0.717) is 0 Å². The van der Waals surface area contributed by atoms with E-state index in [0.717, 1.165) is 30.4 Å². The van der Waals surface area contributed by atoms with Crippen molar-refractivity contribution in [2.45, 2.75) is 12.8 Å². The number of hydrogen-bond acceptors (Lipinski definition) is 4. The highest BCUT2D eigenvalue weighted by Gasteiger charge is 2.13. The number of nitrogens with one attached hydrogen (secondary N) is 1. The smallest absolute Gasteiger partial charge is 0.139 e. The van der Waals surface area contributed by atoms with Crippen molar-refractivity contribution < 1.29 is 0 Å². The van der Waals surface area contributed by atoms with E-state index in [1.165, 1.54) is 18.3 Å². The molecule has 0 amide bonds. The van der Waals surface area contributed by atoms with E-state index in [9.17, 15) is 0 Å². The molecule has 1 N–H and O–H groups in total. The Labute approximate surface area is 114 Å². The third-order valence-electron chi connectivity index (χ3n) is 3.41. The third-order valence-corrected chi connectivity index (χ3v) is 3.41. The van der Waals surface area contributed by atoms with Crippen LogP contribution in [0.1, 0.15) is 12.8 Å². The molecule has 2 aromatic rings. The van der Waals surface area contributed by atoms with Gasteiger partial charge in [0.15, 0.2) is 0 Å². The van der Waals surface area contributed by atoms with E-state index in [2.05, 4.69) is 52.3 Å². The summed E-state index contributed by atoms with van der Waals surface area (Å²) in [5, 5.41) is 3.32. The topological polar surface area (TPSA) is 41.0 Å². The van der Waals surface area contributed by atoms with Gasteiger partial charge in [-0.3, -0.25) is 0 Å². The highest BCUT2D eigenvalue weighted by molar-refractivity contribution is 6.32. The Morgan fingerprint density at radius 3 is 2.53 bits per heavy atom. The highest BCUT2D eigenvalue weighted by Crippen LogP contribution is 2.21. The largest absolute Gasteiger partial charge is 0.356 e. The molecule has 2 heterocycles. The van der Waals surface area contributed by atoms with Crippen LogP contribution in [-0.2, 0) is 0 Å². The summed E-state index contributed by atoms with van der Waals surface area (Å²) in [5.41, 5.74) is 2.31. The molecule has 1 aromatic heterocycles. The predicted molar refractivity (Wildman–Crippen MR) is 81.4 cm³/mol. The number of nitrogens with zero attached hydrogens (tertiary/aromatic N) is 3. The summed E-state index contributed by atoms with van der Waals surface area (Å²) in [7, 11) is 2.08. The maximum Gasteiger partial charge on any atom is 0.139 e. The lowest BCUT2D eigenvalue weighted by atomic mass is 9.96. The van der Waals surface area contributed by atoms with Crippen molar-refractivity contribution in [1.29, 1.82) is 0 Å². The molecule has 0 bridgehead atoms. The molecule has 0 atom stereocenters. The van der Waals surface area contributed by atoms with Crippen LogP contribution in [0.15, 0.2) is 36.7 Å². The SMILES string of the molecule is Bc1ccc(Nc2cc(N3CCCC3)ncn2)cc1. The van der Waals surface area contributed by atoms with Crippen LogP contribution < -0.4 is 15.7 Å². The molecule has 0 unspecified atom stereocenters. The Kier molecular flexibility index (Phi) is 3.36. The quantitative estimate of drug-likeness (QED) is 0.830. The Morgan fingerprint density at radius 2 is 1.79 bits per heavy atom. The number of anilines is 3. The van der Waals surface area contributed by atoms with Crippen molar-refractivity contribution in [1.82, 2.24) is 9.97 Å². The minimum atomic E-state index is 0.848. The normalized spacial score (nSPS) is 14.6. The van der Waals surface area contributed by atoms with Crippen molar-refractivity contribution in [3.8, 4) is 0 Å². The average Bonchev–Trinajstić information content (AvgIpc) is 2.96. The Morgan fingerprint density at radius 1 is 1.05 bits per heavy atom. The van der Waals surface area contributed by atoms with Crippen molar-refractivity contribution in [2.24, 2.45) is 0 Å². The monoisotopic (exact) mass is 252 g/mol. The van der Waals surface area contributed by atoms with Crippen molar-refractivity contribution >= 4 is 30.6 Å². The molecule has 0 saturated carbocycles. The van der Waals surface area contributed by atoms with Crippen LogP contribution in [0.2, 0.25) is 0 Å². The summed E-state index contributed by atoms with van der Waals surface area (Å²) in [6, 6.07) is 10.3. The summed E-state index contributed by atoms with van der Waals surface area (Å²) in [4.78, 5) is 10.9. The minimum Gasteiger partial charge on any atom is -0.356 e. The molecule has 1 aromatic carbocycles. The van der Waals surface area contributed by atoms with E-state index >= 15 is 0 Å². The lowest BCUT2D eigenvalue weighted by molar-refractivity contribution is 0.928. The van der Waals surface area contributed by atoms with E-state index in [4.69, 9.17) is 0 Å². The van der Waals surface area contributed by atoms with Gasteiger partial charge in [0.2, 0.25) is 0 Å². The molecule has 3 rings (SSSR count). The minimum absolute atomic E-state index is 0.848. The van der Waals surface area contributed by atoms with Gasteiger partial charge in [-0.05, 0) is 25.0 Å². The van der Waals surface area contributed by atoms with Crippen LogP contribution >= 0.6 is 0 Å². The molecule has 0 spiro atoms. The van der Waals surface area contributed by atoms with Gasteiger partial charge < -0.3 is 10.2 Å². The van der Waals surface area contributed by atoms with Crippen LogP contribution in [0, 0.1) is 0 Å². The fraction of sp³-hybridized carbons (Fsp3) is 0.286. The summed E-state index contributed by atoms with van der Waals surface area (Å²) in [6.07, 6.45) is 4.14. The summed E-state index contributed by atoms with van der Waals surface area (Å²) in [6.45, 7) is 2.20. The van der Waals surface area contributed by atoms with Gasteiger partial charge in [-0.2, -0.15) is 0 Å². The molecule has 96 valence electrons. The van der Waals surface area contributed by atoms with Gasteiger partial charge in [0, 0.05) is 24.8 Å². The molecule has 5 heteroatoms. The maximum absolute atomic E-state index is 4.35. The van der Waals surface area contributed by atoms with Gasteiger partial charge in [0.1, 0.15) is 25.8 Å². The summed E-state index contributed by atoms with van der Waals surface area (Å²) < 4.78 is 0. The second-order valence-electron chi connectivity index (χ2n) is 4.95. The summed E-state index contributed by atoms with van der Waals surface area (Å²) >= 11 is 0. The number of hydrogen-bond donors (Lipinski definition) is 1. The molecule has 1 saturated heterocycles. The first kappa shape index (κ1) is 12.0. The zero-order chi connectivity index (χ0) is 13.1. The predicted octanol–water partition coefficient (Wildman–Crippen LogP) is 1.08. The fourth-order valence-corrected chi connectivity index (χ4v) is 2.32. The molecule has 19 heavy (non-hydrogen) atoms. The molecule has 1 aliphatic rings. The van der Waals surface area contributed by atoms with E-state index < -0.39 is 0 Å². The molecule has 4 nitrogen and oxygen atoms in total. The van der Waals surface area contributed by atoms with Crippen molar-refractivity contribution in [3.05, 3.63) is 36.7 Å². The maximum atomic E-state index is 4.35. The second kappa shape index (κ2) is 5.30. The van der Waals surface area contributed by atoms with Gasteiger partial charge in [-0.15, -0.1) is 0 Å². The van der Waals surface area contributed by atoms with Gasteiger partial charge in [0.05, 0.1) is 0 Å². The first-order valence-electron chi connectivity index (χ1n) is 6.72. The Bertz CT molecular complexity index is 550. The first-order valence-corrected chi connectivity index (χ1v) is 6.72. The zero-order valence-corrected chi connectivity index (χ0v) is 11.1. The van der Waals surface area contributed by atoms with E-state index in [1.807, 2.05) is 6.07 Å². The van der Waals surface area contributed by atoms with Gasteiger partial charge >= 0.3 is 0 Å². The van der Waals surface area contributed by atoms with E-state index in [1.54, 1.807) is 6.33 Å². The molecule has 0 radical (unpaired) electrons. The number of aromatic nitrogens is 2. The fourth-order valence-electron chi connectivity index (χ4n) is 2.32. The lowest BCUT2D eigenvalue weighted by Crippen LogP contribution is -2.19. The summed E-state index contributed by atoms with van der Waals surface area (Å²) in [5.74, 6) is 1.86. The van der Waals surface area contributed by atoms with Crippen LogP contribution in [0.3, 0.4) is 0 Å². The van der Waals surface area contributed by atoms with Gasteiger partial charge in [-0.1, -0.05) is 17.6 Å². The first-order chi connectivity index (χ1) is 9.31. The highest BCUT2D eigenvalue weighted by atomic mass is 15.2. The van der Waals surface area contributed by atoms with E-state index in [-0.39, 0.29) is 0 Å². The van der Waals surface area contributed by atoms with Gasteiger partial charge in [-0.25, -0.2) is 9.97 Å². The Balaban J connectivity index is 1.77. The van der Waals surface area contributed by atoms with Crippen LogP contribution in [0.5, 0.6) is 0 Å². The lowest BCUT2D eigenvalue weighted by Gasteiger charge is -2.16. The standard InChI is InChI=1S/C14H17BN4/c15-11-3-5-12(6-4-11)18-13-9-14(17-10-16-13)19-7-1-2-8-19/h3-6,9-10H,1-2,7-8,15H2,(H,16,17,18).